The van der Waals surface area contributed by atoms with Gasteiger partial charge < -0.3 is 27.4 Å². The van der Waals surface area contributed by atoms with E-state index in [-0.39, 0.29) is 17.8 Å². The highest BCUT2D eigenvalue weighted by molar-refractivity contribution is 6.01. The van der Waals surface area contributed by atoms with Crippen LogP contribution in [0.5, 0.6) is 0 Å². The van der Waals surface area contributed by atoms with Gasteiger partial charge in [-0.3, -0.25) is 4.79 Å². The number of nitrogens with zero attached hydrogens (tertiary/aromatic N) is 3. The third-order valence-corrected chi connectivity index (χ3v) is 2.69. The number of hydrogen-bond donors (Lipinski definition) is 4. The van der Waals surface area contributed by atoms with Gasteiger partial charge in [0.2, 0.25) is 5.96 Å². The Morgan fingerprint density at radius 2 is 1.91 bits per heavy atom. The summed E-state index contributed by atoms with van der Waals surface area (Å²) >= 11 is 0. The molecule has 0 unspecified atom stereocenters. The molecule has 120 valence electrons. The first-order valence-corrected chi connectivity index (χ1v) is 6.86. The first-order chi connectivity index (χ1) is 10.4. The van der Waals surface area contributed by atoms with Crippen LogP contribution in [0.2, 0.25) is 0 Å². The molecule has 0 heterocycles. The average molecular weight is 305 g/mol. The summed E-state index contributed by atoms with van der Waals surface area (Å²) < 4.78 is 0. The summed E-state index contributed by atoms with van der Waals surface area (Å²) in [6, 6.07) is 6.85. The molecule has 0 atom stereocenters. The van der Waals surface area contributed by atoms with Gasteiger partial charge in [0, 0.05) is 6.54 Å². The molecule has 8 heteroatoms. The van der Waals surface area contributed by atoms with Crippen LogP contribution in [0.4, 0.5) is 5.69 Å². The predicted molar refractivity (Wildman–Crippen MR) is 89.0 cm³/mol. The second kappa shape index (κ2) is 8.63. The molecule has 0 aliphatic heterocycles. The molecule has 0 saturated heterocycles. The molecule has 7 N–H and O–H groups in total. The van der Waals surface area contributed by atoms with Crippen molar-refractivity contribution in [2.45, 2.75) is 6.42 Å². The topological polar surface area (TPSA) is 135 Å². The number of carbonyl (C=O) groups is 1. The van der Waals surface area contributed by atoms with Crippen LogP contribution in [0.3, 0.4) is 0 Å². The normalized spacial score (nSPS) is 11.3. The minimum atomic E-state index is -0.212. The number of hydrogen-bond acceptors (Lipinski definition) is 3. The fourth-order valence-electron chi connectivity index (χ4n) is 1.74. The van der Waals surface area contributed by atoms with Crippen molar-refractivity contribution in [3.05, 3.63) is 29.8 Å². The molecule has 22 heavy (non-hydrogen) atoms. The molecule has 0 aromatic heterocycles. The minimum Gasteiger partial charge on any atom is -0.370 e. The van der Waals surface area contributed by atoms with Gasteiger partial charge in [-0.15, -0.1) is 0 Å². The smallest absolute Gasteiger partial charge is 0.253 e. The maximum Gasteiger partial charge on any atom is 0.253 e. The minimum absolute atomic E-state index is 0.104. The van der Waals surface area contributed by atoms with E-state index in [2.05, 4.69) is 20.2 Å². The van der Waals surface area contributed by atoms with Crippen molar-refractivity contribution in [3.8, 4) is 0 Å². The van der Waals surface area contributed by atoms with Crippen molar-refractivity contribution in [2.24, 2.45) is 27.2 Å². The molecule has 1 aromatic carbocycles. The molecule has 1 aromatic rings. The number of para-hydroxylation sites is 1. The number of carbonyl (C=O) groups excluding carboxylic acids is 1. The molecule has 1 rings (SSSR count). The van der Waals surface area contributed by atoms with E-state index < -0.39 is 0 Å². The third-order valence-electron chi connectivity index (χ3n) is 2.69. The Morgan fingerprint density at radius 3 is 2.55 bits per heavy atom. The fourth-order valence-corrected chi connectivity index (χ4v) is 1.74. The Morgan fingerprint density at radius 1 is 1.23 bits per heavy atom. The first-order valence-electron chi connectivity index (χ1n) is 6.86. The number of aliphatic imine (C=N–C) groups is 2. The number of amides is 1. The molecule has 1 amide bonds. The summed E-state index contributed by atoms with van der Waals surface area (Å²) in [6.45, 7) is 1.48. The molecule has 8 nitrogen and oxygen atoms in total. The van der Waals surface area contributed by atoms with Crippen LogP contribution in [-0.2, 0) is 0 Å². The Labute approximate surface area is 130 Å². The number of benzene rings is 1. The van der Waals surface area contributed by atoms with Gasteiger partial charge in [0.25, 0.3) is 5.91 Å². The van der Waals surface area contributed by atoms with E-state index in [4.69, 9.17) is 17.2 Å². The SMILES string of the molecule is CN(C)CCCNC(=O)c1ccccc1N=C(N)N=C(N)N. The molecule has 0 aliphatic rings. The average Bonchev–Trinajstić information content (AvgIpc) is 2.42. The van der Waals surface area contributed by atoms with Crippen molar-refractivity contribution in [2.75, 3.05) is 27.2 Å². The van der Waals surface area contributed by atoms with Crippen LogP contribution in [0.1, 0.15) is 16.8 Å². The molecule has 0 radical (unpaired) electrons. The van der Waals surface area contributed by atoms with Crippen molar-refractivity contribution in [1.29, 1.82) is 0 Å². The van der Waals surface area contributed by atoms with Gasteiger partial charge in [-0.05, 0) is 39.2 Å². The van der Waals surface area contributed by atoms with Gasteiger partial charge >= 0.3 is 0 Å². The highest BCUT2D eigenvalue weighted by Gasteiger charge is 2.10. The van der Waals surface area contributed by atoms with Crippen LogP contribution in [0.15, 0.2) is 34.3 Å². The van der Waals surface area contributed by atoms with Gasteiger partial charge in [-0.25, -0.2) is 4.99 Å². The summed E-state index contributed by atoms with van der Waals surface area (Å²) in [7, 11) is 3.97. The number of guanidine groups is 2. The second-order valence-electron chi connectivity index (χ2n) is 4.94. The monoisotopic (exact) mass is 305 g/mol. The first kappa shape index (κ1) is 17.4. The van der Waals surface area contributed by atoms with Gasteiger partial charge in [0.05, 0.1) is 11.3 Å². The van der Waals surface area contributed by atoms with Crippen molar-refractivity contribution < 1.29 is 4.79 Å². The second-order valence-corrected chi connectivity index (χ2v) is 4.94. The van der Waals surface area contributed by atoms with Gasteiger partial charge in [-0.1, -0.05) is 12.1 Å². The number of rotatable bonds is 6. The van der Waals surface area contributed by atoms with E-state index >= 15 is 0 Å². The van der Waals surface area contributed by atoms with E-state index in [1.165, 1.54) is 0 Å². The lowest BCUT2D eigenvalue weighted by Crippen LogP contribution is -2.27. The van der Waals surface area contributed by atoms with E-state index in [0.717, 1.165) is 13.0 Å². The molecule has 0 spiro atoms. The maximum atomic E-state index is 12.2. The summed E-state index contributed by atoms with van der Waals surface area (Å²) in [5.41, 5.74) is 16.9. The van der Waals surface area contributed by atoms with E-state index in [9.17, 15) is 4.79 Å². The number of nitrogens with one attached hydrogen (secondary N) is 1. The Hall–Kier alpha value is -2.61. The lowest BCUT2D eigenvalue weighted by atomic mass is 10.1. The summed E-state index contributed by atoms with van der Waals surface area (Å²) in [5.74, 6) is -0.504. The van der Waals surface area contributed by atoms with Gasteiger partial charge in [-0.2, -0.15) is 4.99 Å². The zero-order chi connectivity index (χ0) is 16.5. The van der Waals surface area contributed by atoms with Gasteiger partial charge in [0.1, 0.15) is 0 Å². The molecular weight excluding hydrogens is 282 g/mol. The molecular formula is C14H23N7O. The molecule has 0 saturated carbocycles. The van der Waals surface area contributed by atoms with E-state index in [1.54, 1.807) is 24.3 Å². The zero-order valence-electron chi connectivity index (χ0n) is 12.9. The summed E-state index contributed by atoms with van der Waals surface area (Å²) in [5, 5.41) is 2.85. The molecule has 0 fully saturated rings. The highest BCUT2D eigenvalue weighted by Crippen LogP contribution is 2.18. The largest absolute Gasteiger partial charge is 0.370 e. The van der Waals surface area contributed by atoms with Crippen LogP contribution in [0.25, 0.3) is 0 Å². The lowest BCUT2D eigenvalue weighted by molar-refractivity contribution is 0.0953. The Kier molecular flexibility index (Phi) is 6.84. The van der Waals surface area contributed by atoms with Crippen LogP contribution in [-0.4, -0.2) is 49.9 Å². The summed E-state index contributed by atoms with van der Waals surface area (Å²) in [4.78, 5) is 21.9. The van der Waals surface area contributed by atoms with Crippen LogP contribution < -0.4 is 22.5 Å². The maximum absolute atomic E-state index is 12.2. The highest BCUT2D eigenvalue weighted by atomic mass is 16.1. The Balaban J connectivity index is 2.79. The Bertz CT molecular complexity index is 562. The van der Waals surface area contributed by atoms with Crippen molar-refractivity contribution >= 4 is 23.5 Å². The van der Waals surface area contributed by atoms with Crippen molar-refractivity contribution in [3.63, 3.8) is 0 Å². The quantitative estimate of drug-likeness (QED) is 0.322. The fraction of sp³-hybridized carbons (Fsp3) is 0.357. The summed E-state index contributed by atoms with van der Waals surface area (Å²) in [6.07, 6.45) is 0.861. The van der Waals surface area contributed by atoms with Crippen molar-refractivity contribution in [1.82, 2.24) is 10.2 Å². The van der Waals surface area contributed by atoms with E-state index in [1.807, 2.05) is 14.1 Å². The van der Waals surface area contributed by atoms with E-state index in [0.29, 0.717) is 17.8 Å². The third kappa shape index (κ3) is 6.23. The zero-order valence-corrected chi connectivity index (χ0v) is 12.9. The molecule has 0 bridgehead atoms. The molecule has 0 aliphatic carbocycles. The predicted octanol–water partition coefficient (Wildman–Crippen LogP) is -0.412. The lowest BCUT2D eigenvalue weighted by Gasteiger charge is -2.10. The van der Waals surface area contributed by atoms with Crippen LogP contribution in [0, 0.1) is 0 Å². The van der Waals surface area contributed by atoms with Gasteiger partial charge in [0.15, 0.2) is 5.96 Å². The number of nitrogens with two attached hydrogens (primary N) is 3. The van der Waals surface area contributed by atoms with Crippen LogP contribution >= 0.6 is 0 Å². The standard InChI is InChI=1S/C14H23N7O/c1-21(2)9-5-8-18-12(22)10-6-3-4-7-11(10)19-14(17)20-13(15)16/h3-4,6-7H,5,8-9H2,1-2H3,(H,18,22)(H6,15,16,17,19,20).